The summed E-state index contributed by atoms with van der Waals surface area (Å²) in [6.45, 7) is 0. The van der Waals surface area contributed by atoms with Crippen molar-refractivity contribution >= 4 is 10.1 Å². The topological polar surface area (TPSA) is 0 Å². The molecule has 1 rings (SSSR count). The van der Waals surface area contributed by atoms with Crippen molar-refractivity contribution in [1.29, 1.82) is 0 Å². The molecule has 40 valence electrons. The summed E-state index contributed by atoms with van der Waals surface area (Å²) >= 11 is 0. The summed E-state index contributed by atoms with van der Waals surface area (Å²) in [5.41, 5.74) is 0. The molecule has 0 bridgehead atoms. The zero-order valence-corrected chi connectivity index (χ0v) is 5.17. The van der Waals surface area contributed by atoms with Crippen molar-refractivity contribution in [3.05, 3.63) is 36.4 Å². The molecule has 1 aromatic rings. The maximum atomic E-state index is 2.00. The third kappa shape index (κ3) is 4.15. The number of hydrogen-bond donors (Lipinski definition) is 0. The first-order chi connectivity index (χ1) is 3.00. The molecular weight excluding hydrogens is 88.0 g/mol. The summed E-state index contributed by atoms with van der Waals surface area (Å²) in [6, 6.07) is 12.0. The molecule has 0 radical (unpaired) electrons. The van der Waals surface area contributed by atoms with E-state index >= 15 is 0 Å². The van der Waals surface area contributed by atoms with Gasteiger partial charge in [-0.25, -0.2) is 0 Å². The first kappa shape index (κ1) is 10.9. The molecule has 0 atom stereocenters. The van der Waals surface area contributed by atoms with Crippen molar-refractivity contribution in [3.63, 3.8) is 0 Å². The molecule has 0 aliphatic carbocycles. The van der Waals surface area contributed by atoms with E-state index in [1.165, 1.54) is 0 Å². The second-order valence-corrected chi connectivity index (χ2v) is 1.15. The molecule has 0 unspecified atom stereocenters. The van der Waals surface area contributed by atoms with Crippen LogP contribution in [0.3, 0.4) is 0 Å². The van der Waals surface area contributed by atoms with Crippen molar-refractivity contribution in [2.24, 2.45) is 0 Å². The smallest absolute Gasteiger partial charge is 1.00 e. The first-order valence-electron chi connectivity index (χ1n) is 2.00. The minimum absolute atomic E-state index is 0. The van der Waals surface area contributed by atoms with Crippen LogP contribution in [0, 0.1) is 0 Å². The third-order valence-corrected chi connectivity index (χ3v) is 0.667. The van der Waals surface area contributed by atoms with Gasteiger partial charge in [0.15, 0.2) is 0 Å². The summed E-state index contributed by atoms with van der Waals surface area (Å²) in [5, 5.41) is 0. The predicted octanol–water partition coefficient (Wildman–Crippen LogP) is -0.861. The Morgan fingerprint density at radius 2 is 0.875 bits per heavy atom. The molecule has 0 nitrogen and oxygen atoms in total. The van der Waals surface area contributed by atoms with Gasteiger partial charge in [-0.2, -0.15) is 0 Å². The van der Waals surface area contributed by atoms with Crippen LogP contribution in [-0.2, 0) is 0 Å². The third-order valence-electron chi connectivity index (χ3n) is 0.667. The number of benzene rings is 1. The monoisotopic (exact) mass is 101 g/mol. The van der Waals surface area contributed by atoms with Crippen molar-refractivity contribution in [2.75, 3.05) is 0 Å². The number of hydrogen-bond acceptors (Lipinski definition) is 0. The predicted molar refractivity (Wildman–Crippen MR) is 39.8 cm³/mol. The van der Waals surface area contributed by atoms with Gasteiger partial charge in [0.2, 0.25) is 0 Å². The molecular formula is C6H13BeLi. The quantitative estimate of drug-likeness (QED) is 0.373. The van der Waals surface area contributed by atoms with E-state index < -0.39 is 0 Å². The average molecular weight is 101 g/mol. The summed E-state index contributed by atoms with van der Waals surface area (Å²) in [4.78, 5) is 0. The van der Waals surface area contributed by atoms with Gasteiger partial charge in [0.25, 0.3) is 0 Å². The van der Waals surface area contributed by atoms with Crippen LogP contribution in [0.15, 0.2) is 36.4 Å². The molecule has 0 aliphatic rings. The molecule has 0 aliphatic heterocycles. The van der Waals surface area contributed by atoms with Crippen LogP contribution < -0.4 is 18.9 Å². The van der Waals surface area contributed by atoms with Crippen LogP contribution >= 0.6 is 0 Å². The Morgan fingerprint density at radius 1 is 0.750 bits per heavy atom. The first-order valence-corrected chi connectivity index (χ1v) is 2.00. The Hall–Kier alpha value is -0.0138. The Kier molecular flexibility index (Phi) is 9.50. The van der Waals surface area contributed by atoms with Crippen LogP contribution in [-0.4, -0.2) is 10.1 Å². The Labute approximate surface area is 73.1 Å². The second-order valence-electron chi connectivity index (χ2n) is 1.15. The summed E-state index contributed by atoms with van der Waals surface area (Å²) < 4.78 is 0. The van der Waals surface area contributed by atoms with Gasteiger partial charge in [-0.15, -0.1) is 0 Å². The second kappa shape index (κ2) is 6.99. The number of rotatable bonds is 0. The summed E-state index contributed by atoms with van der Waals surface area (Å²) in [5.74, 6) is 0. The van der Waals surface area contributed by atoms with Gasteiger partial charge in [0.05, 0.1) is 0 Å². The molecule has 2 heteroatoms. The van der Waals surface area contributed by atoms with Gasteiger partial charge in [-0.05, 0) is 0 Å². The standard InChI is InChI=1S/C6H6.Be.Li.2H2.3H/c1-2-4-6-5-3-1;;;;;;;/h1-6H;;;2*1H;;;/q;+2;+1;;;3*-1. The Morgan fingerprint density at radius 3 is 1.00 bits per heavy atom. The van der Waals surface area contributed by atoms with Crippen LogP contribution in [0.2, 0.25) is 0 Å². The molecule has 0 saturated heterocycles. The molecule has 1 aromatic carbocycles. The van der Waals surface area contributed by atoms with E-state index in [-0.39, 0.29) is 36.1 Å². The molecule has 0 spiro atoms. The van der Waals surface area contributed by atoms with Gasteiger partial charge >= 0.3 is 29.0 Å². The van der Waals surface area contributed by atoms with E-state index in [4.69, 9.17) is 0 Å². The van der Waals surface area contributed by atoms with E-state index in [2.05, 4.69) is 0 Å². The van der Waals surface area contributed by atoms with Crippen molar-refractivity contribution in [1.82, 2.24) is 0 Å². The van der Waals surface area contributed by atoms with E-state index in [1.54, 1.807) is 0 Å². The molecule has 8 heavy (non-hydrogen) atoms. The van der Waals surface area contributed by atoms with Gasteiger partial charge < -0.3 is 4.28 Å². The van der Waals surface area contributed by atoms with Crippen LogP contribution in [0.4, 0.5) is 0 Å². The summed E-state index contributed by atoms with van der Waals surface area (Å²) in [6.07, 6.45) is 0. The van der Waals surface area contributed by atoms with Crippen molar-refractivity contribution in [2.45, 2.75) is 0 Å². The van der Waals surface area contributed by atoms with E-state index in [0.717, 1.165) is 0 Å². The molecule has 0 fully saturated rings. The van der Waals surface area contributed by atoms with E-state index in [0.29, 0.717) is 0 Å². The maximum Gasteiger partial charge on any atom is 2.00 e. The van der Waals surface area contributed by atoms with Gasteiger partial charge in [-0.3, -0.25) is 0 Å². The van der Waals surface area contributed by atoms with Crippen molar-refractivity contribution < 1.29 is 26.0 Å². The average Bonchev–Trinajstić information content (AvgIpc) is 1.72. The minimum atomic E-state index is 0. The van der Waals surface area contributed by atoms with Crippen molar-refractivity contribution in [3.8, 4) is 0 Å². The van der Waals surface area contributed by atoms with Crippen LogP contribution in [0.25, 0.3) is 0 Å². The van der Waals surface area contributed by atoms with Gasteiger partial charge in [-0.1, -0.05) is 36.4 Å². The normalized spacial score (nSPS) is 6.00. The Bertz CT molecular complexity index is 92.9. The van der Waals surface area contributed by atoms with Crippen LogP contribution in [0.1, 0.15) is 7.13 Å². The van der Waals surface area contributed by atoms with Gasteiger partial charge in [0, 0.05) is 2.85 Å². The largest absolute Gasteiger partial charge is 2.00 e. The molecule has 0 heterocycles. The fourth-order valence-electron chi connectivity index (χ4n) is 0.385. The van der Waals surface area contributed by atoms with E-state index in [9.17, 15) is 0 Å². The SMILES string of the molecule is [Be+2].[H-].[H-].[H-].[HH].[HH].[Li+].c1ccccc1. The van der Waals surface area contributed by atoms with Gasteiger partial charge in [0.1, 0.15) is 0 Å². The Balaban J connectivity index is -0.0000000103. The molecule has 0 saturated carbocycles. The maximum absolute atomic E-state index is 2.00. The molecule has 0 N–H and O–H groups in total. The fraction of sp³-hybridized carbons (Fsp3) is 0. The fourth-order valence-corrected chi connectivity index (χ4v) is 0.385. The molecule has 0 amide bonds. The zero-order valence-electron chi connectivity index (χ0n) is 8.17. The van der Waals surface area contributed by atoms with Crippen LogP contribution in [0.5, 0.6) is 0 Å². The van der Waals surface area contributed by atoms with E-state index in [1.807, 2.05) is 36.4 Å². The minimum Gasteiger partial charge on any atom is -1.00 e. The summed E-state index contributed by atoms with van der Waals surface area (Å²) in [7, 11) is 0. The zero-order chi connectivity index (χ0) is 4.24. The molecule has 0 aromatic heterocycles.